The summed E-state index contributed by atoms with van der Waals surface area (Å²) in [4.78, 5) is 27.5. The average Bonchev–Trinajstić information content (AvgIpc) is 3.22. The number of hydrogen-bond acceptors (Lipinski definition) is 6. The van der Waals surface area contributed by atoms with Gasteiger partial charge < -0.3 is 19.3 Å². The summed E-state index contributed by atoms with van der Waals surface area (Å²) in [5.74, 6) is 1.55. The number of likely N-dealkylation sites (tertiary alicyclic amines) is 1. The molecule has 184 valence electrons. The van der Waals surface area contributed by atoms with Gasteiger partial charge in [-0.3, -0.25) is 9.59 Å². The van der Waals surface area contributed by atoms with Gasteiger partial charge in [-0.2, -0.15) is 0 Å². The van der Waals surface area contributed by atoms with Crippen LogP contribution in [0.1, 0.15) is 74.2 Å². The molecule has 35 heavy (non-hydrogen) atoms. The third kappa shape index (κ3) is 4.47. The molecule has 3 aromatic rings. The van der Waals surface area contributed by atoms with Gasteiger partial charge in [0.05, 0.1) is 11.8 Å². The van der Waals surface area contributed by atoms with Crippen molar-refractivity contribution in [1.82, 2.24) is 24.8 Å². The van der Waals surface area contributed by atoms with Gasteiger partial charge in [-0.25, -0.2) is 0 Å². The van der Waals surface area contributed by atoms with E-state index in [1.54, 1.807) is 11.8 Å². The second-order valence-corrected chi connectivity index (χ2v) is 10.2. The van der Waals surface area contributed by atoms with E-state index in [-0.39, 0.29) is 29.7 Å². The number of hydrogen-bond donors (Lipinski definition) is 1. The summed E-state index contributed by atoms with van der Waals surface area (Å²) in [7, 11) is 0. The summed E-state index contributed by atoms with van der Waals surface area (Å²) in [6, 6.07) is 8.14. The lowest BCUT2D eigenvalue weighted by Crippen LogP contribution is -2.31. The van der Waals surface area contributed by atoms with E-state index in [4.69, 9.17) is 4.52 Å². The van der Waals surface area contributed by atoms with Gasteiger partial charge in [0.25, 0.3) is 0 Å². The molecule has 3 heterocycles. The molecular weight excluding hydrogens is 444 g/mol. The molecule has 5 rings (SSSR count). The number of carbonyl (C=O) groups is 2. The highest BCUT2D eigenvalue weighted by Gasteiger charge is 2.44. The number of aromatic nitrogens is 4. The third-order valence-electron chi connectivity index (χ3n) is 7.03. The van der Waals surface area contributed by atoms with Crippen molar-refractivity contribution in [2.24, 2.45) is 5.92 Å². The topological polar surface area (TPSA) is 106 Å². The summed E-state index contributed by atoms with van der Waals surface area (Å²) >= 11 is 0. The average molecular weight is 477 g/mol. The van der Waals surface area contributed by atoms with Crippen LogP contribution in [0.5, 0.6) is 0 Å². The monoisotopic (exact) mass is 476 g/mol. The minimum absolute atomic E-state index is 0.0485. The number of anilines is 1. The van der Waals surface area contributed by atoms with Gasteiger partial charge >= 0.3 is 0 Å². The van der Waals surface area contributed by atoms with Gasteiger partial charge in [0.15, 0.2) is 11.5 Å². The quantitative estimate of drug-likeness (QED) is 0.571. The SMILES string of the molecule is CC(=O)N1C[C@H](C(=O)Nc2ccc(C)cc2C)[C@@H](c2nnc(-c3cc(C(C)C)on3)n2C2CC2)C1. The van der Waals surface area contributed by atoms with Crippen LogP contribution in [-0.2, 0) is 9.59 Å². The lowest BCUT2D eigenvalue weighted by atomic mass is 9.93. The van der Waals surface area contributed by atoms with Gasteiger partial charge in [-0.05, 0) is 38.3 Å². The number of amides is 2. The Morgan fingerprint density at radius 1 is 1.11 bits per heavy atom. The molecule has 9 nitrogen and oxygen atoms in total. The van der Waals surface area contributed by atoms with Crippen molar-refractivity contribution in [2.45, 2.75) is 65.3 Å². The van der Waals surface area contributed by atoms with E-state index in [9.17, 15) is 9.59 Å². The normalized spacial score (nSPS) is 20.0. The number of benzene rings is 1. The van der Waals surface area contributed by atoms with Gasteiger partial charge in [0.1, 0.15) is 11.6 Å². The zero-order chi connectivity index (χ0) is 24.9. The summed E-state index contributed by atoms with van der Waals surface area (Å²) in [6.45, 7) is 10.4. The predicted molar refractivity (Wildman–Crippen MR) is 131 cm³/mol. The maximum absolute atomic E-state index is 13.5. The molecule has 2 aromatic heterocycles. The molecule has 0 spiro atoms. The standard InChI is InChI=1S/C26H32N6O3/c1-14(2)23-11-22(30-35-23)25-29-28-24(32(25)18-7-8-18)19-12-31(17(5)33)13-20(19)26(34)27-21-9-6-15(3)10-16(21)4/h6,9-11,14,18-20H,7-8,12-13H2,1-5H3,(H,27,34)/t19-,20-/m0/s1. The van der Waals surface area contributed by atoms with E-state index in [1.165, 1.54) is 0 Å². The fraction of sp³-hybridized carbons (Fsp3) is 0.500. The van der Waals surface area contributed by atoms with E-state index in [0.29, 0.717) is 24.6 Å². The first kappa shape index (κ1) is 23.3. The molecule has 1 saturated heterocycles. The van der Waals surface area contributed by atoms with Crippen molar-refractivity contribution in [2.75, 3.05) is 18.4 Å². The number of nitrogens with one attached hydrogen (secondary N) is 1. The van der Waals surface area contributed by atoms with Crippen LogP contribution < -0.4 is 5.32 Å². The first-order valence-corrected chi connectivity index (χ1v) is 12.3. The Morgan fingerprint density at radius 3 is 2.51 bits per heavy atom. The lowest BCUT2D eigenvalue weighted by molar-refractivity contribution is -0.128. The smallest absolute Gasteiger partial charge is 0.230 e. The molecule has 2 amide bonds. The molecule has 0 radical (unpaired) electrons. The van der Waals surface area contributed by atoms with E-state index >= 15 is 0 Å². The highest BCUT2D eigenvalue weighted by molar-refractivity contribution is 5.94. The van der Waals surface area contributed by atoms with Gasteiger partial charge in [-0.15, -0.1) is 10.2 Å². The zero-order valence-corrected chi connectivity index (χ0v) is 20.9. The predicted octanol–water partition coefficient (Wildman–Crippen LogP) is 4.21. The first-order valence-electron chi connectivity index (χ1n) is 12.3. The third-order valence-corrected chi connectivity index (χ3v) is 7.03. The maximum atomic E-state index is 13.5. The lowest BCUT2D eigenvalue weighted by Gasteiger charge is -2.19. The molecule has 2 atom stereocenters. The van der Waals surface area contributed by atoms with Gasteiger partial charge in [-0.1, -0.05) is 36.7 Å². The molecule has 1 aromatic carbocycles. The molecule has 9 heteroatoms. The number of nitrogens with zero attached hydrogens (tertiary/aromatic N) is 5. The van der Waals surface area contributed by atoms with E-state index < -0.39 is 5.92 Å². The van der Waals surface area contributed by atoms with Gasteiger partial charge in [0.2, 0.25) is 11.8 Å². The Labute approximate surface area is 204 Å². The first-order chi connectivity index (χ1) is 16.7. The van der Waals surface area contributed by atoms with Crippen LogP contribution in [0.15, 0.2) is 28.8 Å². The van der Waals surface area contributed by atoms with Crippen molar-refractivity contribution >= 4 is 17.5 Å². The molecule has 0 unspecified atom stereocenters. The molecule has 1 aliphatic carbocycles. The fourth-order valence-electron chi connectivity index (χ4n) is 4.86. The fourth-order valence-corrected chi connectivity index (χ4v) is 4.86. The van der Waals surface area contributed by atoms with Crippen molar-refractivity contribution in [3.05, 3.63) is 47.0 Å². The molecular formula is C26H32N6O3. The van der Waals surface area contributed by atoms with Crippen molar-refractivity contribution in [3.63, 3.8) is 0 Å². The highest BCUT2D eigenvalue weighted by Crippen LogP contribution is 2.43. The van der Waals surface area contributed by atoms with Crippen LogP contribution in [-0.4, -0.2) is 49.7 Å². The molecule has 1 saturated carbocycles. The highest BCUT2D eigenvalue weighted by atomic mass is 16.5. The molecule has 0 bridgehead atoms. The van der Waals surface area contributed by atoms with Crippen LogP contribution in [0.2, 0.25) is 0 Å². The van der Waals surface area contributed by atoms with Crippen molar-refractivity contribution in [3.8, 4) is 11.5 Å². The summed E-state index contributed by atoms with van der Waals surface area (Å²) in [5.41, 5.74) is 3.58. The Hall–Kier alpha value is -3.49. The van der Waals surface area contributed by atoms with Crippen LogP contribution in [0.3, 0.4) is 0 Å². The van der Waals surface area contributed by atoms with E-state index in [2.05, 4.69) is 39.1 Å². The Balaban J connectivity index is 1.49. The van der Waals surface area contributed by atoms with Crippen LogP contribution in [0.25, 0.3) is 11.5 Å². The Kier molecular flexibility index (Phi) is 5.94. The van der Waals surface area contributed by atoms with E-state index in [1.807, 2.05) is 38.1 Å². The number of rotatable bonds is 6. The Morgan fingerprint density at radius 2 is 1.89 bits per heavy atom. The summed E-state index contributed by atoms with van der Waals surface area (Å²) < 4.78 is 7.63. The molecule has 2 aliphatic rings. The number of carbonyl (C=O) groups excluding carboxylic acids is 2. The number of aryl methyl sites for hydroxylation is 2. The summed E-state index contributed by atoms with van der Waals surface area (Å²) in [5, 5.41) is 16.4. The second-order valence-electron chi connectivity index (χ2n) is 10.2. The van der Waals surface area contributed by atoms with Gasteiger partial charge in [0, 0.05) is 43.7 Å². The largest absolute Gasteiger partial charge is 0.360 e. The zero-order valence-electron chi connectivity index (χ0n) is 20.9. The minimum Gasteiger partial charge on any atom is -0.360 e. The van der Waals surface area contributed by atoms with Crippen LogP contribution in [0, 0.1) is 19.8 Å². The van der Waals surface area contributed by atoms with Crippen molar-refractivity contribution in [1.29, 1.82) is 0 Å². The Bertz CT molecular complexity index is 1270. The molecule has 1 N–H and O–H groups in total. The molecule has 2 fully saturated rings. The minimum atomic E-state index is -0.433. The van der Waals surface area contributed by atoms with Crippen LogP contribution >= 0.6 is 0 Å². The molecule has 1 aliphatic heterocycles. The summed E-state index contributed by atoms with van der Waals surface area (Å²) in [6.07, 6.45) is 2.05. The second kappa shape index (κ2) is 8.94. The maximum Gasteiger partial charge on any atom is 0.230 e. The van der Waals surface area contributed by atoms with Crippen LogP contribution in [0.4, 0.5) is 5.69 Å². The van der Waals surface area contributed by atoms with E-state index in [0.717, 1.165) is 41.2 Å². The van der Waals surface area contributed by atoms with Crippen molar-refractivity contribution < 1.29 is 14.1 Å².